The summed E-state index contributed by atoms with van der Waals surface area (Å²) < 4.78 is 0. The molecule has 3 heteroatoms. The maximum atomic E-state index is 9.15. The molecule has 8 heavy (non-hydrogen) atoms. The highest BCUT2D eigenvalue weighted by Crippen LogP contribution is 2.08. The summed E-state index contributed by atoms with van der Waals surface area (Å²) in [7, 11) is 1.12. The fourth-order valence-electron chi connectivity index (χ4n) is 0.924. The van der Waals surface area contributed by atoms with Crippen LogP contribution in [-0.2, 0) is 0 Å². The number of nitrogens with one attached hydrogen (secondary N) is 1. The molecule has 1 aliphatic heterocycles. The van der Waals surface area contributed by atoms with Crippen LogP contribution in [0.5, 0.6) is 0 Å². The summed E-state index contributed by atoms with van der Waals surface area (Å²) in [5, 5.41) is 12.3. The van der Waals surface area contributed by atoms with E-state index in [9.17, 15) is 0 Å². The van der Waals surface area contributed by atoms with Crippen LogP contribution in [0.15, 0.2) is 0 Å². The van der Waals surface area contributed by atoms with Crippen LogP contribution in [0.3, 0.4) is 0 Å². The molecule has 0 unspecified atom stereocenters. The van der Waals surface area contributed by atoms with Gasteiger partial charge in [0.05, 0.1) is 6.10 Å². The smallest absolute Gasteiger partial charge is 0.0662 e. The van der Waals surface area contributed by atoms with Crippen LogP contribution < -0.4 is 5.32 Å². The first-order chi connectivity index (χ1) is 3.84. The van der Waals surface area contributed by atoms with E-state index in [-0.39, 0.29) is 6.10 Å². The average Bonchev–Trinajstić information content (AvgIpc) is 1.62. The molecular weight excluding hydrogens is 118 g/mol. The van der Waals surface area contributed by atoms with Gasteiger partial charge in [0.2, 0.25) is 0 Å². The van der Waals surface area contributed by atoms with E-state index in [1.54, 1.807) is 0 Å². The molecule has 48 valence electrons. The lowest BCUT2D eigenvalue weighted by molar-refractivity contribution is 0.112. The van der Waals surface area contributed by atoms with Gasteiger partial charge in [0.25, 0.3) is 0 Å². The largest absolute Gasteiger partial charge is 0.392 e. The molecule has 0 aromatic heterocycles. The zero-order valence-electron chi connectivity index (χ0n) is 5.22. The van der Waals surface area contributed by atoms with Crippen LogP contribution in [0.2, 0.25) is 6.04 Å². The first-order valence-electron chi connectivity index (χ1n) is 3.26. The van der Waals surface area contributed by atoms with Crippen molar-refractivity contribution >= 4 is 10.2 Å². The number of rotatable bonds is 2. The van der Waals surface area contributed by atoms with Gasteiger partial charge in [-0.2, -0.15) is 0 Å². The monoisotopic (exact) mass is 131 g/mol. The minimum Gasteiger partial charge on any atom is -0.392 e. The maximum absolute atomic E-state index is 9.15. The van der Waals surface area contributed by atoms with Crippen molar-refractivity contribution in [2.45, 2.75) is 24.6 Å². The second-order valence-corrected chi connectivity index (χ2v) is 3.14. The fraction of sp³-hybridized carbons (Fsp3) is 1.00. The first-order valence-corrected chi connectivity index (χ1v) is 4.67. The standard InChI is InChI=1S/C5H13NOSi/c7-5(3-8)4-1-2-6-4/h4-7H,1-3H2,8H3/t4-,5+/m0/s1. The first kappa shape index (κ1) is 6.26. The Morgan fingerprint density at radius 1 is 1.88 bits per heavy atom. The Morgan fingerprint density at radius 2 is 2.50 bits per heavy atom. The van der Waals surface area contributed by atoms with E-state index in [0.29, 0.717) is 6.04 Å². The summed E-state index contributed by atoms with van der Waals surface area (Å²) in [5.74, 6) is 0. The van der Waals surface area contributed by atoms with Gasteiger partial charge in [0.15, 0.2) is 0 Å². The van der Waals surface area contributed by atoms with Gasteiger partial charge in [-0.3, -0.25) is 0 Å². The van der Waals surface area contributed by atoms with Crippen LogP contribution in [0, 0.1) is 0 Å². The third-order valence-corrected chi connectivity index (χ3v) is 2.58. The van der Waals surface area contributed by atoms with Gasteiger partial charge < -0.3 is 10.4 Å². The van der Waals surface area contributed by atoms with Crippen molar-refractivity contribution in [3.8, 4) is 0 Å². The van der Waals surface area contributed by atoms with E-state index in [2.05, 4.69) is 5.32 Å². The highest BCUT2D eigenvalue weighted by atomic mass is 28.1. The zero-order valence-corrected chi connectivity index (χ0v) is 7.22. The molecule has 1 heterocycles. The van der Waals surface area contributed by atoms with Crippen molar-refractivity contribution in [2.24, 2.45) is 0 Å². The highest BCUT2D eigenvalue weighted by molar-refractivity contribution is 6.08. The fourth-order valence-corrected chi connectivity index (χ4v) is 1.49. The van der Waals surface area contributed by atoms with Crippen LogP contribution in [0.25, 0.3) is 0 Å². The summed E-state index contributed by atoms with van der Waals surface area (Å²) in [6.45, 7) is 1.10. The van der Waals surface area contributed by atoms with Gasteiger partial charge in [-0.05, 0) is 19.0 Å². The summed E-state index contributed by atoms with van der Waals surface area (Å²) in [6, 6.07) is 1.45. The van der Waals surface area contributed by atoms with E-state index < -0.39 is 0 Å². The number of aliphatic hydroxyl groups is 1. The molecule has 0 bridgehead atoms. The van der Waals surface area contributed by atoms with Crippen molar-refractivity contribution in [1.29, 1.82) is 0 Å². The molecule has 1 fully saturated rings. The quantitative estimate of drug-likeness (QED) is 0.447. The van der Waals surface area contributed by atoms with Crippen molar-refractivity contribution in [2.75, 3.05) is 6.54 Å². The van der Waals surface area contributed by atoms with E-state index >= 15 is 0 Å². The molecule has 0 aliphatic carbocycles. The Labute approximate surface area is 52.7 Å². The molecule has 0 aromatic carbocycles. The summed E-state index contributed by atoms with van der Waals surface area (Å²) in [5.41, 5.74) is 0. The van der Waals surface area contributed by atoms with Crippen molar-refractivity contribution < 1.29 is 5.11 Å². The van der Waals surface area contributed by atoms with Gasteiger partial charge in [0, 0.05) is 16.3 Å². The van der Waals surface area contributed by atoms with Gasteiger partial charge in [0.1, 0.15) is 0 Å². The van der Waals surface area contributed by atoms with Crippen molar-refractivity contribution in [3.63, 3.8) is 0 Å². The van der Waals surface area contributed by atoms with E-state index in [4.69, 9.17) is 5.11 Å². The maximum Gasteiger partial charge on any atom is 0.0662 e. The number of hydrogen-bond donors (Lipinski definition) is 2. The molecule has 1 saturated heterocycles. The third-order valence-electron chi connectivity index (χ3n) is 1.74. The Hall–Kier alpha value is 0.137. The number of hydrogen-bond acceptors (Lipinski definition) is 2. The van der Waals surface area contributed by atoms with Gasteiger partial charge in [-0.15, -0.1) is 0 Å². The minimum absolute atomic E-state index is 0.0459. The molecule has 1 rings (SSSR count). The molecule has 0 aromatic rings. The van der Waals surface area contributed by atoms with E-state index in [0.717, 1.165) is 22.8 Å². The topological polar surface area (TPSA) is 32.3 Å². The third kappa shape index (κ3) is 1.10. The average molecular weight is 131 g/mol. The normalized spacial score (nSPS) is 31.9. The van der Waals surface area contributed by atoms with Crippen LogP contribution in [0.4, 0.5) is 0 Å². The molecule has 2 nitrogen and oxygen atoms in total. The molecule has 0 saturated carbocycles. The predicted molar refractivity (Wildman–Crippen MR) is 37.2 cm³/mol. The Morgan fingerprint density at radius 3 is 2.62 bits per heavy atom. The lowest BCUT2D eigenvalue weighted by atomic mass is 10.0. The Bertz CT molecular complexity index is 72.1. The van der Waals surface area contributed by atoms with Crippen LogP contribution in [-0.4, -0.2) is 34.0 Å². The van der Waals surface area contributed by atoms with Crippen molar-refractivity contribution in [3.05, 3.63) is 0 Å². The van der Waals surface area contributed by atoms with E-state index in [1.807, 2.05) is 0 Å². The highest BCUT2D eigenvalue weighted by Gasteiger charge is 2.22. The SMILES string of the molecule is O[C@H](C[SiH3])[C@@H]1CCN1. The molecule has 1 aliphatic rings. The molecule has 0 amide bonds. The minimum atomic E-state index is -0.0459. The van der Waals surface area contributed by atoms with Crippen LogP contribution >= 0.6 is 0 Å². The molecular formula is C5H13NOSi. The van der Waals surface area contributed by atoms with Gasteiger partial charge in [-0.25, -0.2) is 0 Å². The number of aliphatic hydroxyl groups excluding tert-OH is 1. The summed E-state index contributed by atoms with van der Waals surface area (Å²) in [4.78, 5) is 0. The molecule has 0 radical (unpaired) electrons. The predicted octanol–water partition coefficient (Wildman–Crippen LogP) is -1.51. The van der Waals surface area contributed by atoms with Gasteiger partial charge in [-0.1, -0.05) is 0 Å². The molecule has 0 spiro atoms. The van der Waals surface area contributed by atoms with E-state index in [1.165, 1.54) is 6.42 Å². The Balaban J connectivity index is 2.13. The molecule has 2 atom stereocenters. The summed E-state index contributed by atoms with van der Waals surface area (Å²) in [6.07, 6.45) is 1.12. The lowest BCUT2D eigenvalue weighted by Crippen LogP contribution is -2.50. The Kier molecular flexibility index (Phi) is 2.05. The second kappa shape index (κ2) is 2.62. The molecule has 2 N–H and O–H groups in total. The van der Waals surface area contributed by atoms with Gasteiger partial charge >= 0.3 is 0 Å². The second-order valence-electron chi connectivity index (χ2n) is 2.32. The summed E-state index contributed by atoms with van der Waals surface area (Å²) >= 11 is 0. The zero-order chi connectivity index (χ0) is 5.98. The lowest BCUT2D eigenvalue weighted by Gasteiger charge is -2.31. The van der Waals surface area contributed by atoms with Crippen molar-refractivity contribution in [1.82, 2.24) is 5.32 Å². The van der Waals surface area contributed by atoms with Crippen LogP contribution in [0.1, 0.15) is 6.42 Å².